The topological polar surface area (TPSA) is 89.9 Å². The van der Waals surface area contributed by atoms with Crippen molar-refractivity contribution in [3.8, 4) is 0 Å². The van der Waals surface area contributed by atoms with Crippen LogP contribution in [0, 0.1) is 16.7 Å². The molecule has 21 heavy (non-hydrogen) atoms. The zero-order chi connectivity index (χ0) is 16.8. The lowest BCUT2D eigenvalue weighted by Gasteiger charge is -2.34. The molecular weight excluding hydrogens is 276 g/mol. The molecule has 1 N–H and O–H groups in total. The van der Waals surface area contributed by atoms with Crippen LogP contribution in [0.4, 0.5) is 0 Å². The summed E-state index contributed by atoms with van der Waals surface area (Å²) in [6, 6.07) is 0. The Labute approximate surface area is 125 Å². The van der Waals surface area contributed by atoms with Gasteiger partial charge in [-0.05, 0) is 40.0 Å². The highest BCUT2D eigenvalue weighted by Gasteiger charge is 2.45. The van der Waals surface area contributed by atoms with Crippen LogP contribution in [0.25, 0.3) is 0 Å². The number of carboxylic acids is 1. The number of hydrogen-bond acceptors (Lipinski definition) is 5. The van der Waals surface area contributed by atoms with Crippen molar-refractivity contribution < 1.29 is 29.0 Å². The largest absolute Gasteiger partial charge is 0.481 e. The van der Waals surface area contributed by atoms with Crippen molar-refractivity contribution in [2.75, 3.05) is 14.2 Å². The number of carbonyl (C=O) groups is 3. The molecule has 2 unspecified atom stereocenters. The first-order valence-corrected chi connectivity index (χ1v) is 6.93. The summed E-state index contributed by atoms with van der Waals surface area (Å²) >= 11 is 0. The van der Waals surface area contributed by atoms with E-state index in [1.165, 1.54) is 14.2 Å². The Hall–Kier alpha value is -1.59. The van der Waals surface area contributed by atoms with Crippen molar-refractivity contribution in [3.63, 3.8) is 0 Å². The summed E-state index contributed by atoms with van der Waals surface area (Å²) in [6.45, 7) is 6.56. The minimum atomic E-state index is -1.10. The molecule has 0 saturated carbocycles. The highest BCUT2D eigenvalue weighted by atomic mass is 16.5. The first kappa shape index (κ1) is 19.4. The maximum atomic E-state index is 12.1. The van der Waals surface area contributed by atoms with Gasteiger partial charge in [-0.25, -0.2) is 0 Å². The van der Waals surface area contributed by atoms with Crippen molar-refractivity contribution >= 4 is 17.9 Å². The summed E-state index contributed by atoms with van der Waals surface area (Å²) < 4.78 is 9.55. The Balaban J connectivity index is 5.40. The van der Waals surface area contributed by atoms with Crippen molar-refractivity contribution in [2.45, 2.75) is 47.0 Å². The first-order valence-electron chi connectivity index (χ1n) is 6.93. The zero-order valence-electron chi connectivity index (χ0n) is 13.7. The fourth-order valence-corrected chi connectivity index (χ4v) is 2.63. The second kappa shape index (κ2) is 7.43. The third-order valence-electron chi connectivity index (χ3n) is 3.81. The van der Waals surface area contributed by atoms with Gasteiger partial charge in [-0.15, -0.1) is 0 Å². The van der Waals surface area contributed by atoms with E-state index in [1.807, 2.05) is 6.92 Å². The molecule has 0 saturated heterocycles. The lowest BCUT2D eigenvalue weighted by Crippen LogP contribution is -2.40. The van der Waals surface area contributed by atoms with Gasteiger partial charge in [-0.2, -0.15) is 0 Å². The summed E-state index contributed by atoms with van der Waals surface area (Å²) in [6.07, 6.45) is 0.780. The van der Waals surface area contributed by atoms with Gasteiger partial charge in [0.1, 0.15) is 0 Å². The van der Waals surface area contributed by atoms with Crippen LogP contribution in [0.15, 0.2) is 0 Å². The Morgan fingerprint density at radius 2 is 1.62 bits per heavy atom. The molecule has 0 aliphatic rings. The molecule has 0 spiro atoms. The van der Waals surface area contributed by atoms with Gasteiger partial charge in [0.05, 0.1) is 31.0 Å². The van der Waals surface area contributed by atoms with Crippen molar-refractivity contribution in [1.29, 1.82) is 0 Å². The number of hydrogen-bond donors (Lipinski definition) is 1. The molecule has 0 aliphatic carbocycles. The van der Waals surface area contributed by atoms with Gasteiger partial charge in [0.25, 0.3) is 0 Å². The van der Waals surface area contributed by atoms with Crippen LogP contribution < -0.4 is 0 Å². The summed E-state index contributed by atoms with van der Waals surface area (Å²) in [5, 5.41) is 9.26. The fourth-order valence-electron chi connectivity index (χ4n) is 2.63. The maximum Gasteiger partial charge on any atom is 0.311 e. The molecule has 122 valence electrons. The fraction of sp³-hybridized carbons (Fsp3) is 0.800. The number of carboxylic acid groups (broad SMARTS) is 1. The molecule has 0 rings (SSSR count). The summed E-state index contributed by atoms with van der Waals surface area (Å²) in [7, 11) is 2.55. The van der Waals surface area contributed by atoms with E-state index in [0.29, 0.717) is 6.42 Å². The minimum absolute atomic E-state index is 0.0789. The number of aliphatic carboxylic acids is 1. The molecule has 6 nitrogen and oxygen atoms in total. The van der Waals surface area contributed by atoms with Crippen LogP contribution in [0.5, 0.6) is 0 Å². The molecule has 0 aliphatic heterocycles. The van der Waals surface area contributed by atoms with E-state index in [1.54, 1.807) is 20.8 Å². The Kier molecular flexibility index (Phi) is 6.86. The predicted molar refractivity (Wildman–Crippen MR) is 76.6 cm³/mol. The molecule has 0 aromatic heterocycles. The summed E-state index contributed by atoms with van der Waals surface area (Å²) in [5.74, 6) is -2.38. The molecule has 0 amide bonds. The molecule has 0 radical (unpaired) electrons. The highest BCUT2D eigenvalue weighted by molar-refractivity contribution is 5.80. The van der Waals surface area contributed by atoms with Crippen LogP contribution in [-0.2, 0) is 23.9 Å². The standard InChI is InChI=1S/C15H26O6/c1-7-10(11(16)20-5)8-15(4,13(19)21-6)9-14(2,3)12(17)18/h10H,7-9H2,1-6H3,(H,17,18). The molecule has 0 fully saturated rings. The Bertz CT molecular complexity index is 401. The van der Waals surface area contributed by atoms with E-state index < -0.39 is 34.7 Å². The van der Waals surface area contributed by atoms with E-state index in [9.17, 15) is 19.5 Å². The van der Waals surface area contributed by atoms with Crippen LogP contribution in [0.3, 0.4) is 0 Å². The van der Waals surface area contributed by atoms with Crippen molar-refractivity contribution in [1.82, 2.24) is 0 Å². The van der Waals surface area contributed by atoms with Crippen LogP contribution in [0.1, 0.15) is 47.0 Å². The quantitative estimate of drug-likeness (QED) is 0.692. The Morgan fingerprint density at radius 3 is 1.95 bits per heavy atom. The van der Waals surface area contributed by atoms with E-state index in [-0.39, 0.29) is 12.8 Å². The number of carbonyl (C=O) groups excluding carboxylic acids is 2. The molecule has 0 heterocycles. The maximum absolute atomic E-state index is 12.1. The number of ether oxygens (including phenoxy) is 2. The third-order valence-corrected chi connectivity index (χ3v) is 3.81. The average Bonchev–Trinajstić information content (AvgIpc) is 2.42. The summed E-state index contributed by atoms with van der Waals surface area (Å²) in [4.78, 5) is 35.2. The van der Waals surface area contributed by atoms with Gasteiger partial charge < -0.3 is 14.6 Å². The van der Waals surface area contributed by atoms with Gasteiger partial charge in [-0.3, -0.25) is 14.4 Å². The minimum Gasteiger partial charge on any atom is -0.481 e. The molecule has 6 heteroatoms. The molecule has 0 aromatic rings. The van der Waals surface area contributed by atoms with E-state index in [0.717, 1.165) is 0 Å². The number of rotatable bonds is 8. The second-order valence-corrected chi connectivity index (χ2v) is 6.25. The molecular formula is C15H26O6. The Morgan fingerprint density at radius 1 is 1.10 bits per heavy atom. The number of methoxy groups -OCH3 is 2. The van der Waals surface area contributed by atoms with Gasteiger partial charge in [0.2, 0.25) is 0 Å². The monoisotopic (exact) mass is 302 g/mol. The predicted octanol–water partition coefficient (Wildman–Crippen LogP) is 2.26. The lowest BCUT2D eigenvalue weighted by atomic mass is 9.69. The third kappa shape index (κ3) is 5.02. The smallest absolute Gasteiger partial charge is 0.311 e. The molecule has 2 atom stereocenters. The van der Waals surface area contributed by atoms with Crippen molar-refractivity contribution in [3.05, 3.63) is 0 Å². The van der Waals surface area contributed by atoms with E-state index in [2.05, 4.69) is 0 Å². The molecule has 0 aromatic carbocycles. The molecule has 0 bridgehead atoms. The van der Waals surface area contributed by atoms with E-state index >= 15 is 0 Å². The highest BCUT2D eigenvalue weighted by Crippen LogP contribution is 2.40. The van der Waals surface area contributed by atoms with Gasteiger partial charge >= 0.3 is 17.9 Å². The lowest BCUT2D eigenvalue weighted by molar-refractivity contribution is -0.160. The van der Waals surface area contributed by atoms with Gasteiger partial charge in [-0.1, -0.05) is 6.92 Å². The average molecular weight is 302 g/mol. The first-order chi connectivity index (χ1) is 9.54. The van der Waals surface area contributed by atoms with Crippen molar-refractivity contribution in [2.24, 2.45) is 16.7 Å². The van der Waals surface area contributed by atoms with Crippen LogP contribution in [-0.4, -0.2) is 37.2 Å². The van der Waals surface area contributed by atoms with E-state index in [4.69, 9.17) is 9.47 Å². The zero-order valence-corrected chi connectivity index (χ0v) is 13.7. The van der Waals surface area contributed by atoms with Crippen LogP contribution in [0.2, 0.25) is 0 Å². The second-order valence-electron chi connectivity index (χ2n) is 6.25. The number of esters is 2. The summed E-state index contributed by atoms with van der Waals surface area (Å²) in [5.41, 5.74) is -2.16. The van der Waals surface area contributed by atoms with Crippen LogP contribution >= 0.6 is 0 Å². The van der Waals surface area contributed by atoms with Gasteiger partial charge in [0.15, 0.2) is 0 Å². The van der Waals surface area contributed by atoms with Gasteiger partial charge in [0, 0.05) is 0 Å². The SMILES string of the molecule is CCC(CC(C)(CC(C)(C)C(=O)O)C(=O)OC)C(=O)OC. The normalized spacial score (nSPS) is 15.7.